The summed E-state index contributed by atoms with van der Waals surface area (Å²) in [6.45, 7) is 4.85. The van der Waals surface area contributed by atoms with Crippen molar-refractivity contribution < 1.29 is 17.7 Å². The minimum Gasteiger partial charge on any atom is -0.361 e. The predicted octanol–water partition coefficient (Wildman–Crippen LogP) is 1.37. The number of hydrogen-bond acceptors (Lipinski definition) is 6. The number of amides is 1. The first kappa shape index (κ1) is 18.1. The molecule has 2 aliphatic heterocycles. The van der Waals surface area contributed by atoms with Gasteiger partial charge in [0, 0.05) is 37.9 Å². The lowest BCUT2D eigenvalue weighted by molar-refractivity contribution is -0.115. The molecule has 0 aliphatic carbocycles. The van der Waals surface area contributed by atoms with Gasteiger partial charge >= 0.3 is 0 Å². The molecule has 1 fully saturated rings. The van der Waals surface area contributed by atoms with E-state index in [2.05, 4.69) is 15.4 Å². The number of anilines is 1. The molecular weight excluding hydrogens is 368 g/mol. The standard InChI is InChI=1S/C18H22N4O4S/c1-13-9-15(20-26-13)12-21-5-2-6-22(8-7-21)27(24,25)16-3-4-17-14(10-16)11-18(23)19-17/h3-4,9-10H,2,5-8,11-12H2,1H3,(H,19,23). The van der Waals surface area contributed by atoms with E-state index in [4.69, 9.17) is 4.52 Å². The number of fused-ring (bicyclic) bond motifs is 1. The van der Waals surface area contributed by atoms with Crippen molar-refractivity contribution in [2.24, 2.45) is 0 Å². The highest BCUT2D eigenvalue weighted by atomic mass is 32.2. The average molecular weight is 390 g/mol. The summed E-state index contributed by atoms with van der Waals surface area (Å²) >= 11 is 0. The summed E-state index contributed by atoms with van der Waals surface area (Å²) in [7, 11) is -3.58. The Morgan fingerprint density at radius 1 is 1.19 bits per heavy atom. The molecule has 1 aromatic heterocycles. The summed E-state index contributed by atoms with van der Waals surface area (Å²) in [5.41, 5.74) is 2.29. The van der Waals surface area contributed by atoms with Crippen LogP contribution in [0.25, 0.3) is 0 Å². The number of aryl methyl sites for hydroxylation is 1. The largest absolute Gasteiger partial charge is 0.361 e. The Morgan fingerprint density at radius 2 is 2.04 bits per heavy atom. The Morgan fingerprint density at radius 3 is 2.81 bits per heavy atom. The molecule has 3 heterocycles. The third kappa shape index (κ3) is 3.76. The van der Waals surface area contributed by atoms with Crippen molar-refractivity contribution in [1.82, 2.24) is 14.4 Å². The molecule has 4 rings (SSSR count). The summed E-state index contributed by atoms with van der Waals surface area (Å²) in [5.74, 6) is 0.668. The molecule has 0 atom stereocenters. The Kier molecular flexibility index (Phi) is 4.75. The summed E-state index contributed by atoms with van der Waals surface area (Å²) < 4.78 is 32.8. The van der Waals surface area contributed by atoms with E-state index in [1.807, 2.05) is 13.0 Å². The number of rotatable bonds is 4. The van der Waals surface area contributed by atoms with Crippen molar-refractivity contribution in [2.45, 2.75) is 31.2 Å². The monoisotopic (exact) mass is 390 g/mol. The predicted molar refractivity (Wildman–Crippen MR) is 98.7 cm³/mol. The molecule has 0 spiro atoms. The van der Waals surface area contributed by atoms with Crippen LogP contribution in [0.5, 0.6) is 0 Å². The quantitative estimate of drug-likeness (QED) is 0.847. The smallest absolute Gasteiger partial charge is 0.243 e. The van der Waals surface area contributed by atoms with Crippen molar-refractivity contribution in [3.63, 3.8) is 0 Å². The maximum absolute atomic E-state index is 13.1. The number of carbonyl (C=O) groups is 1. The molecular formula is C18H22N4O4S. The van der Waals surface area contributed by atoms with E-state index in [9.17, 15) is 13.2 Å². The number of hydrogen-bond donors (Lipinski definition) is 1. The van der Waals surface area contributed by atoms with Crippen molar-refractivity contribution in [2.75, 3.05) is 31.5 Å². The van der Waals surface area contributed by atoms with Gasteiger partial charge in [0.1, 0.15) is 5.76 Å². The van der Waals surface area contributed by atoms with Gasteiger partial charge in [0.15, 0.2) is 0 Å². The van der Waals surface area contributed by atoms with Crippen molar-refractivity contribution in [1.29, 1.82) is 0 Å². The second-order valence-electron chi connectivity index (χ2n) is 7.01. The molecule has 144 valence electrons. The summed E-state index contributed by atoms with van der Waals surface area (Å²) in [4.78, 5) is 13.9. The molecule has 0 unspecified atom stereocenters. The molecule has 2 aromatic rings. The van der Waals surface area contributed by atoms with Gasteiger partial charge in [-0.2, -0.15) is 4.31 Å². The van der Waals surface area contributed by atoms with Gasteiger partial charge in [-0.3, -0.25) is 9.69 Å². The Bertz CT molecular complexity index is 969. The highest BCUT2D eigenvalue weighted by Gasteiger charge is 2.29. The molecule has 1 N–H and O–H groups in total. The summed E-state index contributed by atoms with van der Waals surface area (Å²) in [6, 6.07) is 6.76. The zero-order valence-electron chi connectivity index (χ0n) is 15.1. The van der Waals surface area contributed by atoms with Gasteiger partial charge in [-0.05, 0) is 43.7 Å². The lowest BCUT2D eigenvalue weighted by Crippen LogP contribution is -2.35. The molecule has 0 bridgehead atoms. The van der Waals surface area contributed by atoms with Gasteiger partial charge in [-0.25, -0.2) is 8.42 Å². The highest BCUT2D eigenvalue weighted by Crippen LogP contribution is 2.27. The van der Waals surface area contributed by atoms with Gasteiger partial charge in [-0.15, -0.1) is 0 Å². The van der Waals surface area contributed by atoms with Crippen molar-refractivity contribution in [3.05, 3.63) is 41.3 Å². The Balaban J connectivity index is 1.46. The van der Waals surface area contributed by atoms with Crippen LogP contribution in [-0.2, 0) is 27.8 Å². The molecule has 0 saturated carbocycles. The third-order valence-corrected chi connectivity index (χ3v) is 6.84. The minimum atomic E-state index is -3.58. The van der Waals surface area contributed by atoms with Gasteiger partial charge in [0.2, 0.25) is 15.9 Å². The first-order chi connectivity index (χ1) is 12.9. The number of aromatic nitrogens is 1. The third-order valence-electron chi connectivity index (χ3n) is 4.95. The van der Waals surface area contributed by atoms with E-state index < -0.39 is 10.0 Å². The Hall–Kier alpha value is -2.23. The maximum Gasteiger partial charge on any atom is 0.243 e. The van der Waals surface area contributed by atoms with Crippen LogP contribution < -0.4 is 5.32 Å². The molecule has 0 radical (unpaired) electrons. The summed E-state index contributed by atoms with van der Waals surface area (Å²) in [6.07, 6.45) is 0.977. The number of benzene rings is 1. The molecule has 8 nitrogen and oxygen atoms in total. The van der Waals surface area contributed by atoms with E-state index >= 15 is 0 Å². The lowest BCUT2D eigenvalue weighted by atomic mass is 10.2. The number of nitrogens with zero attached hydrogens (tertiary/aromatic N) is 3. The zero-order valence-corrected chi connectivity index (χ0v) is 16.0. The average Bonchev–Trinajstić information content (AvgIpc) is 3.11. The van der Waals surface area contributed by atoms with E-state index in [1.165, 1.54) is 4.31 Å². The van der Waals surface area contributed by atoms with Crippen LogP contribution >= 0.6 is 0 Å². The van der Waals surface area contributed by atoms with Crippen LogP contribution in [-0.4, -0.2) is 54.9 Å². The van der Waals surface area contributed by atoms with Crippen molar-refractivity contribution in [3.8, 4) is 0 Å². The van der Waals surface area contributed by atoms with E-state index in [0.29, 0.717) is 31.9 Å². The number of sulfonamides is 1. The minimum absolute atomic E-state index is 0.104. The van der Waals surface area contributed by atoms with Crippen molar-refractivity contribution >= 4 is 21.6 Å². The van der Waals surface area contributed by atoms with Gasteiger partial charge in [-0.1, -0.05) is 5.16 Å². The van der Waals surface area contributed by atoms with Crippen LogP contribution in [0.2, 0.25) is 0 Å². The molecule has 2 aliphatic rings. The fourth-order valence-electron chi connectivity index (χ4n) is 3.58. The topological polar surface area (TPSA) is 95.8 Å². The molecule has 1 amide bonds. The molecule has 1 saturated heterocycles. The fourth-order valence-corrected chi connectivity index (χ4v) is 5.10. The van der Waals surface area contributed by atoms with E-state index in [-0.39, 0.29) is 17.2 Å². The van der Waals surface area contributed by atoms with E-state index in [0.717, 1.165) is 30.0 Å². The number of carbonyl (C=O) groups excluding carboxylic acids is 1. The lowest BCUT2D eigenvalue weighted by Gasteiger charge is -2.21. The highest BCUT2D eigenvalue weighted by molar-refractivity contribution is 7.89. The maximum atomic E-state index is 13.1. The van der Waals surface area contributed by atoms with Crippen LogP contribution in [0.15, 0.2) is 33.7 Å². The van der Waals surface area contributed by atoms with Gasteiger partial charge in [0.25, 0.3) is 0 Å². The first-order valence-corrected chi connectivity index (χ1v) is 10.4. The van der Waals surface area contributed by atoms with Crippen LogP contribution in [0.3, 0.4) is 0 Å². The van der Waals surface area contributed by atoms with Gasteiger partial charge < -0.3 is 9.84 Å². The normalized spacial score (nSPS) is 18.9. The van der Waals surface area contributed by atoms with Crippen LogP contribution in [0.4, 0.5) is 5.69 Å². The zero-order chi connectivity index (χ0) is 19.0. The number of nitrogens with one attached hydrogen (secondary N) is 1. The molecule has 1 aromatic carbocycles. The molecule has 9 heteroatoms. The SMILES string of the molecule is Cc1cc(CN2CCCN(S(=O)(=O)c3ccc4c(c3)CC(=O)N4)CC2)no1. The second-order valence-corrected chi connectivity index (χ2v) is 8.94. The van der Waals surface area contributed by atoms with E-state index in [1.54, 1.807) is 18.2 Å². The van der Waals surface area contributed by atoms with Crippen LogP contribution in [0, 0.1) is 6.92 Å². The Labute approximate surface area is 158 Å². The van der Waals surface area contributed by atoms with Gasteiger partial charge in [0.05, 0.1) is 17.0 Å². The summed E-state index contributed by atoms with van der Waals surface area (Å²) in [5, 5.41) is 6.74. The van der Waals surface area contributed by atoms with Crippen LogP contribution in [0.1, 0.15) is 23.4 Å². The fraction of sp³-hybridized carbons (Fsp3) is 0.444. The first-order valence-electron chi connectivity index (χ1n) is 8.99. The molecule has 27 heavy (non-hydrogen) atoms. The second kappa shape index (κ2) is 7.06.